The van der Waals surface area contributed by atoms with Crippen LogP contribution in [0.5, 0.6) is 11.5 Å². The van der Waals surface area contributed by atoms with E-state index in [1.54, 1.807) is 18.2 Å². The van der Waals surface area contributed by atoms with Gasteiger partial charge in [0.2, 0.25) is 5.95 Å². The summed E-state index contributed by atoms with van der Waals surface area (Å²) in [6, 6.07) is 8.17. The number of carbonyl (C=O) groups is 1. The molecule has 9 heteroatoms. The summed E-state index contributed by atoms with van der Waals surface area (Å²) < 4.78 is 37.5. The summed E-state index contributed by atoms with van der Waals surface area (Å²) in [6.45, 7) is 0.930. The van der Waals surface area contributed by atoms with E-state index in [0.29, 0.717) is 30.4 Å². The lowest BCUT2D eigenvalue weighted by atomic mass is 10.2. The van der Waals surface area contributed by atoms with Gasteiger partial charge in [0.25, 0.3) is 5.91 Å². The number of carbonyl (C=O) groups excluding carboxylic acids is 1. The van der Waals surface area contributed by atoms with Crippen molar-refractivity contribution in [1.82, 2.24) is 9.97 Å². The molecule has 0 bridgehead atoms. The van der Waals surface area contributed by atoms with E-state index in [9.17, 15) is 13.6 Å². The molecule has 0 aliphatic carbocycles. The molecule has 1 aromatic heterocycles. The largest absolute Gasteiger partial charge is 0.486 e. The molecule has 1 aliphatic heterocycles. The van der Waals surface area contributed by atoms with E-state index < -0.39 is 17.5 Å². The second-order valence-electron chi connectivity index (χ2n) is 5.86. The molecule has 2 heterocycles. The highest BCUT2D eigenvalue weighted by Crippen LogP contribution is 2.32. The Hall–Kier alpha value is -3.75. The predicted octanol–water partition coefficient (Wildman–Crippen LogP) is 3.52. The molecule has 0 saturated heterocycles. The number of anilines is 3. The van der Waals surface area contributed by atoms with Crippen LogP contribution < -0.4 is 20.1 Å². The summed E-state index contributed by atoms with van der Waals surface area (Å²) in [6.07, 6.45) is 2.59. The van der Waals surface area contributed by atoms with Gasteiger partial charge in [0, 0.05) is 30.2 Å². The van der Waals surface area contributed by atoms with Gasteiger partial charge in [0.15, 0.2) is 11.5 Å². The van der Waals surface area contributed by atoms with Gasteiger partial charge in [0.05, 0.1) is 11.3 Å². The fraction of sp³-hybridized carbons (Fsp3) is 0.105. The predicted molar refractivity (Wildman–Crippen MR) is 97.1 cm³/mol. The zero-order chi connectivity index (χ0) is 19.5. The number of amides is 1. The maximum Gasteiger partial charge on any atom is 0.258 e. The molecule has 0 saturated carbocycles. The third-order valence-corrected chi connectivity index (χ3v) is 3.89. The normalized spacial score (nSPS) is 12.4. The highest BCUT2D eigenvalue weighted by atomic mass is 19.1. The first-order valence-electron chi connectivity index (χ1n) is 8.33. The van der Waals surface area contributed by atoms with Gasteiger partial charge >= 0.3 is 0 Å². The van der Waals surface area contributed by atoms with Crippen LogP contribution in [0.1, 0.15) is 10.4 Å². The van der Waals surface area contributed by atoms with E-state index in [4.69, 9.17) is 9.47 Å². The third kappa shape index (κ3) is 3.83. The first kappa shape index (κ1) is 17.7. The van der Waals surface area contributed by atoms with Gasteiger partial charge in [-0.1, -0.05) is 0 Å². The number of fused-ring (bicyclic) bond motifs is 1. The van der Waals surface area contributed by atoms with Crippen LogP contribution in [0.15, 0.2) is 48.8 Å². The number of benzene rings is 2. The van der Waals surface area contributed by atoms with Crippen molar-refractivity contribution in [2.24, 2.45) is 0 Å². The molecule has 0 unspecified atom stereocenters. The molecule has 0 spiro atoms. The van der Waals surface area contributed by atoms with Crippen LogP contribution in [0.25, 0.3) is 0 Å². The summed E-state index contributed by atoms with van der Waals surface area (Å²) >= 11 is 0. The minimum absolute atomic E-state index is 0.0230. The molecule has 3 aromatic rings. The zero-order valence-electron chi connectivity index (χ0n) is 14.4. The summed E-state index contributed by atoms with van der Waals surface area (Å²) in [5.41, 5.74) is 0.764. The van der Waals surface area contributed by atoms with Crippen molar-refractivity contribution in [3.8, 4) is 11.5 Å². The average Bonchev–Trinajstić information content (AvgIpc) is 2.70. The first-order valence-corrected chi connectivity index (χ1v) is 8.33. The molecule has 0 radical (unpaired) electrons. The summed E-state index contributed by atoms with van der Waals surface area (Å²) in [5.74, 6) is -0.631. The molecule has 7 nitrogen and oxygen atoms in total. The Morgan fingerprint density at radius 1 is 0.964 bits per heavy atom. The number of rotatable bonds is 4. The molecule has 1 amide bonds. The van der Waals surface area contributed by atoms with Gasteiger partial charge in [0.1, 0.15) is 24.8 Å². The topological polar surface area (TPSA) is 85.4 Å². The smallest absolute Gasteiger partial charge is 0.258 e. The second kappa shape index (κ2) is 7.47. The van der Waals surface area contributed by atoms with Crippen molar-refractivity contribution in [3.05, 3.63) is 66.0 Å². The number of aromatic nitrogens is 2. The summed E-state index contributed by atoms with van der Waals surface area (Å²) in [5, 5.41) is 5.34. The molecule has 2 aromatic carbocycles. The molecule has 0 fully saturated rings. The Bertz CT molecular complexity index is 1030. The third-order valence-electron chi connectivity index (χ3n) is 3.89. The molecule has 4 rings (SSSR count). The van der Waals surface area contributed by atoms with E-state index in [1.807, 2.05) is 0 Å². The van der Waals surface area contributed by atoms with Crippen LogP contribution in [-0.4, -0.2) is 29.1 Å². The molecular formula is C19H14F2N4O3. The Morgan fingerprint density at radius 3 is 2.46 bits per heavy atom. The number of ether oxygens (including phenoxy) is 2. The minimum Gasteiger partial charge on any atom is -0.486 e. The van der Waals surface area contributed by atoms with Crippen molar-refractivity contribution in [1.29, 1.82) is 0 Å². The van der Waals surface area contributed by atoms with E-state index in [0.717, 1.165) is 12.1 Å². The molecule has 142 valence electrons. The van der Waals surface area contributed by atoms with Crippen LogP contribution in [0, 0.1) is 11.6 Å². The van der Waals surface area contributed by atoms with Gasteiger partial charge in [-0.05, 0) is 24.3 Å². The van der Waals surface area contributed by atoms with Crippen LogP contribution in [0.2, 0.25) is 0 Å². The average molecular weight is 384 g/mol. The quantitative estimate of drug-likeness (QED) is 0.716. The van der Waals surface area contributed by atoms with Gasteiger partial charge in [-0.3, -0.25) is 4.79 Å². The fourth-order valence-electron chi connectivity index (χ4n) is 2.55. The van der Waals surface area contributed by atoms with Crippen LogP contribution in [0.4, 0.5) is 26.1 Å². The number of nitrogens with one attached hydrogen (secondary N) is 2. The standard InChI is InChI=1S/C19H14F2N4O3/c20-12-1-3-15(14(21)7-12)25-19-22-9-11(10-23-19)18(26)24-13-2-4-16-17(8-13)28-6-5-27-16/h1-4,7-10H,5-6H2,(H,24,26)(H,22,23,25). The van der Waals surface area contributed by atoms with Gasteiger partial charge in [-0.2, -0.15) is 0 Å². The zero-order valence-corrected chi connectivity index (χ0v) is 14.4. The highest BCUT2D eigenvalue weighted by molar-refractivity contribution is 6.04. The van der Waals surface area contributed by atoms with E-state index in [-0.39, 0.29) is 17.2 Å². The van der Waals surface area contributed by atoms with E-state index in [2.05, 4.69) is 20.6 Å². The lowest BCUT2D eigenvalue weighted by Crippen LogP contribution is -2.16. The molecule has 2 N–H and O–H groups in total. The maximum atomic E-state index is 13.7. The Kier molecular flexibility index (Phi) is 4.71. The number of hydrogen-bond donors (Lipinski definition) is 2. The molecule has 0 atom stereocenters. The first-order chi connectivity index (χ1) is 13.6. The molecular weight excluding hydrogens is 370 g/mol. The van der Waals surface area contributed by atoms with Crippen molar-refractivity contribution in [2.45, 2.75) is 0 Å². The van der Waals surface area contributed by atoms with Crippen molar-refractivity contribution >= 4 is 23.2 Å². The lowest BCUT2D eigenvalue weighted by Gasteiger charge is -2.19. The fourth-order valence-corrected chi connectivity index (χ4v) is 2.55. The number of nitrogens with zero attached hydrogens (tertiary/aromatic N) is 2. The molecule has 28 heavy (non-hydrogen) atoms. The van der Waals surface area contributed by atoms with Gasteiger partial charge in [-0.15, -0.1) is 0 Å². The van der Waals surface area contributed by atoms with Crippen LogP contribution in [0.3, 0.4) is 0 Å². The lowest BCUT2D eigenvalue weighted by molar-refractivity contribution is 0.102. The number of hydrogen-bond acceptors (Lipinski definition) is 6. The van der Waals surface area contributed by atoms with Crippen molar-refractivity contribution in [2.75, 3.05) is 23.8 Å². The maximum absolute atomic E-state index is 13.7. The Balaban J connectivity index is 1.44. The molecule has 1 aliphatic rings. The SMILES string of the molecule is O=C(Nc1ccc2c(c1)OCCO2)c1cnc(Nc2ccc(F)cc2F)nc1. The monoisotopic (exact) mass is 384 g/mol. The summed E-state index contributed by atoms with van der Waals surface area (Å²) in [7, 11) is 0. The second-order valence-corrected chi connectivity index (χ2v) is 5.86. The van der Waals surface area contributed by atoms with E-state index in [1.165, 1.54) is 18.5 Å². The van der Waals surface area contributed by atoms with Gasteiger partial charge < -0.3 is 20.1 Å². The summed E-state index contributed by atoms with van der Waals surface area (Å²) in [4.78, 5) is 20.3. The Labute approximate surface area is 158 Å². The minimum atomic E-state index is -0.774. The van der Waals surface area contributed by atoms with E-state index >= 15 is 0 Å². The van der Waals surface area contributed by atoms with Crippen LogP contribution >= 0.6 is 0 Å². The highest BCUT2D eigenvalue weighted by Gasteiger charge is 2.14. The number of halogens is 2. The van der Waals surface area contributed by atoms with Crippen LogP contribution in [-0.2, 0) is 0 Å². The Morgan fingerprint density at radius 2 is 1.71 bits per heavy atom. The van der Waals surface area contributed by atoms with Gasteiger partial charge in [-0.25, -0.2) is 18.7 Å². The van der Waals surface area contributed by atoms with Crippen molar-refractivity contribution in [3.63, 3.8) is 0 Å². The van der Waals surface area contributed by atoms with Crippen molar-refractivity contribution < 1.29 is 23.0 Å².